The third-order valence-corrected chi connectivity index (χ3v) is 11.3. The van der Waals surface area contributed by atoms with Gasteiger partial charge in [-0.3, -0.25) is 0 Å². The zero-order valence-corrected chi connectivity index (χ0v) is 31.7. The third kappa shape index (κ3) is 4.86. The van der Waals surface area contributed by atoms with Crippen LogP contribution in [0.15, 0.2) is 154 Å². The summed E-state index contributed by atoms with van der Waals surface area (Å²) in [5.74, 6) is 1.78. The van der Waals surface area contributed by atoms with E-state index in [1.54, 1.807) is 0 Å². The van der Waals surface area contributed by atoms with Crippen LogP contribution < -0.4 is 0 Å². The molecule has 8 aromatic carbocycles. The Balaban J connectivity index is 1.54. The van der Waals surface area contributed by atoms with Crippen molar-refractivity contribution >= 4 is 54.3 Å². The summed E-state index contributed by atoms with van der Waals surface area (Å²) in [5, 5.41) is 9.41. The summed E-state index contributed by atoms with van der Waals surface area (Å²) in [6.45, 7) is 13.8. The van der Waals surface area contributed by atoms with Gasteiger partial charge in [0.15, 0.2) is 0 Å². The molecule has 0 saturated carbocycles. The number of fused-ring (bicyclic) bond motifs is 6. The summed E-state index contributed by atoms with van der Waals surface area (Å²) in [6.07, 6.45) is 0. The van der Waals surface area contributed by atoms with Gasteiger partial charge in [0.1, 0.15) is 22.7 Å². The number of rotatable bonds is 4. The number of hydrogen-bond donors (Lipinski definition) is 0. The van der Waals surface area contributed by atoms with Crippen molar-refractivity contribution < 1.29 is 8.83 Å². The van der Waals surface area contributed by atoms with E-state index in [0.717, 1.165) is 77.6 Å². The molecule has 2 nitrogen and oxygen atoms in total. The van der Waals surface area contributed by atoms with Crippen LogP contribution in [0.1, 0.15) is 52.7 Å². The molecule has 0 aliphatic carbocycles. The predicted octanol–water partition coefficient (Wildman–Crippen LogP) is 15.3. The van der Waals surface area contributed by atoms with Gasteiger partial charge in [0.25, 0.3) is 0 Å². The van der Waals surface area contributed by atoms with Crippen LogP contribution in [-0.4, -0.2) is 0 Å². The van der Waals surface area contributed by atoms with Gasteiger partial charge in [0.05, 0.1) is 0 Å². The molecule has 10 aromatic rings. The Morgan fingerprint density at radius 2 is 0.630 bits per heavy atom. The van der Waals surface area contributed by atoms with Gasteiger partial charge >= 0.3 is 0 Å². The average Bonchev–Trinajstić information content (AvgIpc) is 3.79. The summed E-state index contributed by atoms with van der Waals surface area (Å²) in [7, 11) is 0. The molecule has 0 aliphatic rings. The molecule has 10 rings (SSSR count). The first kappa shape index (κ1) is 32.5. The lowest BCUT2D eigenvalue weighted by Gasteiger charge is -2.24. The molecule has 0 unspecified atom stereocenters. The molecule has 54 heavy (non-hydrogen) atoms. The van der Waals surface area contributed by atoms with Crippen LogP contribution in [0, 0.1) is 0 Å². The molecule has 2 heterocycles. The lowest BCUT2D eigenvalue weighted by Crippen LogP contribution is -2.12. The Labute approximate surface area is 316 Å². The smallest absolute Gasteiger partial charge is 0.143 e. The van der Waals surface area contributed by atoms with Crippen molar-refractivity contribution in [3.05, 3.63) is 157 Å². The number of furan rings is 2. The molecule has 0 saturated heterocycles. The average molecular weight is 699 g/mol. The second kappa shape index (κ2) is 11.7. The van der Waals surface area contributed by atoms with Crippen LogP contribution in [0.25, 0.3) is 99.2 Å². The molecule has 2 aromatic heterocycles. The predicted molar refractivity (Wildman–Crippen MR) is 229 cm³/mol. The zero-order chi connectivity index (χ0) is 36.9. The van der Waals surface area contributed by atoms with Crippen LogP contribution in [0.4, 0.5) is 0 Å². The first-order valence-electron chi connectivity index (χ1n) is 19.0. The first-order valence-corrected chi connectivity index (χ1v) is 19.0. The van der Waals surface area contributed by atoms with Crippen LogP contribution >= 0.6 is 0 Å². The molecule has 0 amide bonds. The van der Waals surface area contributed by atoms with E-state index in [1.165, 1.54) is 32.7 Å². The second-order valence-corrected chi connectivity index (χ2v) is 16.9. The fourth-order valence-corrected chi connectivity index (χ4v) is 8.54. The maximum Gasteiger partial charge on any atom is 0.143 e. The second-order valence-electron chi connectivity index (χ2n) is 16.9. The lowest BCUT2D eigenvalue weighted by atomic mass is 9.78. The molecule has 0 spiro atoms. The molecule has 0 N–H and O–H groups in total. The Morgan fingerprint density at radius 1 is 0.333 bits per heavy atom. The first-order chi connectivity index (χ1) is 26.1. The van der Waals surface area contributed by atoms with Crippen LogP contribution in [0.5, 0.6) is 0 Å². The summed E-state index contributed by atoms with van der Waals surface area (Å²) < 4.78 is 14.6. The van der Waals surface area contributed by atoms with Crippen LogP contribution in [-0.2, 0) is 10.8 Å². The van der Waals surface area contributed by atoms with E-state index in [1.807, 2.05) is 0 Å². The molecule has 0 radical (unpaired) electrons. The Kier molecular flexibility index (Phi) is 7.04. The van der Waals surface area contributed by atoms with Crippen molar-refractivity contribution in [2.24, 2.45) is 0 Å². The lowest BCUT2D eigenvalue weighted by molar-refractivity contribution is 0.591. The van der Waals surface area contributed by atoms with E-state index in [2.05, 4.69) is 187 Å². The molecule has 0 atom stereocenters. The Hall–Kier alpha value is -6.12. The maximum atomic E-state index is 7.30. The summed E-state index contributed by atoms with van der Waals surface area (Å²) in [4.78, 5) is 0. The van der Waals surface area contributed by atoms with Crippen LogP contribution in [0.2, 0.25) is 0 Å². The quantitative estimate of drug-likeness (QED) is 0.171. The largest absolute Gasteiger partial charge is 0.455 e. The molecule has 2 heteroatoms. The third-order valence-electron chi connectivity index (χ3n) is 11.3. The standard InChI is InChI=1S/C52H42O2/c1-51(2,3)35-27-37-43-38(28-35)46-42(32-21-13-8-14-22-32)48(34-25-17-10-18-26-34)54-50(46)40-30-36(52(4,5)6)29-39(44(40)43)49-45(37)41(31-19-11-7-12-20-31)47(53-49)33-23-15-9-16-24-33/h7-30H,1-6H3. The van der Waals surface area contributed by atoms with E-state index in [4.69, 9.17) is 8.83 Å². The van der Waals surface area contributed by atoms with E-state index in [-0.39, 0.29) is 10.8 Å². The monoisotopic (exact) mass is 698 g/mol. The van der Waals surface area contributed by atoms with Crippen molar-refractivity contribution in [2.75, 3.05) is 0 Å². The fraction of sp³-hybridized carbons (Fsp3) is 0.154. The maximum absolute atomic E-state index is 7.30. The SMILES string of the molecule is CC(C)(C)c1cc2c3oc(-c4ccccc4)c(-c4ccccc4)c3c3cc(C(C)(C)C)cc4c5c(-c6ccccc6)c(-c6ccccc6)oc5c(c1)c2c34. The highest BCUT2D eigenvalue weighted by Crippen LogP contribution is 2.55. The van der Waals surface area contributed by atoms with Gasteiger partial charge in [-0.2, -0.15) is 0 Å². The van der Waals surface area contributed by atoms with E-state index in [9.17, 15) is 0 Å². The normalized spacial score (nSPS) is 12.6. The Morgan fingerprint density at radius 3 is 0.963 bits per heavy atom. The van der Waals surface area contributed by atoms with Crippen molar-refractivity contribution in [2.45, 2.75) is 52.4 Å². The van der Waals surface area contributed by atoms with Gasteiger partial charge in [-0.15, -0.1) is 0 Å². The molecule has 262 valence electrons. The number of hydrogen-bond acceptors (Lipinski definition) is 2. The van der Waals surface area contributed by atoms with E-state index < -0.39 is 0 Å². The van der Waals surface area contributed by atoms with Crippen molar-refractivity contribution in [3.63, 3.8) is 0 Å². The highest BCUT2D eigenvalue weighted by atomic mass is 16.3. The topological polar surface area (TPSA) is 26.3 Å². The minimum absolute atomic E-state index is 0.125. The van der Waals surface area contributed by atoms with Gasteiger partial charge in [-0.1, -0.05) is 163 Å². The van der Waals surface area contributed by atoms with Gasteiger partial charge < -0.3 is 8.83 Å². The van der Waals surface area contributed by atoms with Crippen LogP contribution in [0.3, 0.4) is 0 Å². The minimum Gasteiger partial charge on any atom is -0.455 e. The van der Waals surface area contributed by atoms with Crippen molar-refractivity contribution in [1.29, 1.82) is 0 Å². The molecular formula is C52H42O2. The van der Waals surface area contributed by atoms with E-state index in [0.29, 0.717) is 0 Å². The number of benzene rings is 8. The molecule has 0 fully saturated rings. The van der Waals surface area contributed by atoms with Crippen molar-refractivity contribution in [3.8, 4) is 44.9 Å². The minimum atomic E-state index is -0.128. The fourth-order valence-electron chi connectivity index (χ4n) is 8.54. The molecular weight excluding hydrogens is 657 g/mol. The summed E-state index contributed by atoms with van der Waals surface area (Å²) in [6, 6.07) is 52.4. The highest BCUT2D eigenvalue weighted by Gasteiger charge is 2.31. The molecule has 0 bridgehead atoms. The Bertz CT molecular complexity index is 2820. The summed E-state index contributed by atoms with van der Waals surface area (Å²) in [5.41, 5.74) is 10.8. The molecule has 0 aliphatic heterocycles. The van der Waals surface area contributed by atoms with Crippen molar-refractivity contribution in [1.82, 2.24) is 0 Å². The summed E-state index contributed by atoms with van der Waals surface area (Å²) >= 11 is 0. The highest BCUT2D eigenvalue weighted by molar-refractivity contribution is 6.42. The van der Waals surface area contributed by atoms with Gasteiger partial charge in [0, 0.05) is 49.2 Å². The van der Waals surface area contributed by atoms with Gasteiger partial charge in [0.2, 0.25) is 0 Å². The van der Waals surface area contributed by atoms with Gasteiger partial charge in [-0.25, -0.2) is 0 Å². The van der Waals surface area contributed by atoms with Gasteiger partial charge in [-0.05, 0) is 73.5 Å². The van der Waals surface area contributed by atoms with E-state index >= 15 is 0 Å². The zero-order valence-electron chi connectivity index (χ0n) is 31.7.